The van der Waals surface area contributed by atoms with E-state index >= 15 is 0 Å². The first-order chi connectivity index (χ1) is 2.27. The van der Waals surface area contributed by atoms with Gasteiger partial charge in [0.2, 0.25) is 0 Å². The highest BCUT2D eigenvalue weighted by Gasteiger charge is 1.65. The van der Waals surface area contributed by atoms with E-state index in [1.165, 1.54) is 0 Å². The fraction of sp³-hybridized carbons (Fsp3) is 0.333. The van der Waals surface area contributed by atoms with Gasteiger partial charge in [-0.3, -0.25) is 0 Å². The molecule has 0 unspecified atom stereocenters. The molecule has 0 aromatic carbocycles. The van der Waals surface area contributed by atoms with Gasteiger partial charge in [0.25, 0.3) is 0 Å². The average molecular weight is 70.1 g/mol. The third-order valence-corrected chi connectivity index (χ3v) is 0.217. The van der Waals surface area contributed by atoms with Gasteiger partial charge in [-0.05, 0) is 6.92 Å². The van der Waals surface area contributed by atoms with Crippen LogP contribution in [0.15, 0.2) is 0 Å². The zero-order valence-electron chi connectivity index (χ0n) is 3.08. The zero-order valence-corrected chi connectivity index (χ0v) is 3.08. The van der Waals surface area contributed by atoms with Crippen molar-refractivity contribution >= 4 is 11.9 Å². The average Bonchev–Trinajstić information content (AvgIpc) is 1.38. The highest BCUT2D eigenvalue weighted by molar-refractivity contribution is 6.26. The lowest BCUT2D eigenvalue weighted by molar-refractivity contribution is 1.49. The minimum Gasteiger partial charge on any atom is -0.307 e. The van der Waals surface area contributed by atoms with Gasteiger partial charge in [-0.2, -0.15) is 0 Å². The Morgan fingerprint density at radius 3 is 2.00 bits per heavy atom. The van der Waals surface area contributed by atoms with Crippen LogP contribution in [0.1, 0.15) is 6.92 Å². The van der Waals surface area contributed by atoms with Crippen molar-refractivity contribution in [2.75, 3.05) is 0 Å². The molecule has 0 atom stereocenters. The molecule has 2 heteroatoms. The van der Waals surface area contributed by atoms with Crippen LogP contribution in [0.2, 0.25) is 0 Å². The summed E-state index contributed by atoms with van der Waals surface area (Å²) in [5, 5.41) is 12.8. The van der Waals surface area contributed by atoms with Crippen molar-refractivity contribution in [1.29, 1.82) is 10.8 Å². The zero-order chi connectivity index (χ0) is 4.28. The summed E-state index contributed by atoms with van der Waals surface area (Å²) in [5.41, 5.74) is 0.296. The van der Waals surface area contributed by atoms with E-state index in [-0.39, 0.29) is 0 Å². The van der Waals surface area contributed by atoms with Crippen LogP contribution in [0.3, 0.4) is 0 Å². The number of nitrogens with one attached hydrogen (secondary N) is 2. The van der Waals surface area contributed by atoms with E-state index < -0.39 is 0 Å². The lowest BCUT2D eigenvalue weighted by Crippen LogP contribution is -1.82. The Kier molecular flexibility index (Phi) is 1.42. The van der Waals surface area contributed by atoms with Crippen LogP contribution < -0.4 is 0 Å². The van der Waals surface area contributed by atoms with E-state index in [2.05, 4.69) is 0 Å². The van der Waals surface area contributed by atoms with Crippen molar-refractivity contribution in [2.24, 2.45) is 0 Å². The third-order valence-electron chi connectivity index (χ3n) is 0.217. The summed E-state index contributed by atoms with van der Waals surface area (Å²) in [4.78, 5) is 0. The molecule has 0 rings (SSSR count). The smallest absolute Gasteiger partial charge is 0.0458 e. The van der Waals surface area contributed by atoms with Crippen LogP contribution in [0.25, 0.3) is 0 Å². The molecular weight excluding hydrogens is 64.0 g/mol. The Morgan fingerprint density at radius 2 is 2.00 bits per heavy atom. The summed E-state index contributed by atoms with van der Waals surface area (Å²) < 4.78 is 0. The van der Waals surface area contributed by atoms with Crippen LogP contribution in [-0.2, 0) is 0 Å². The normalized spacial score (nSPS) is 6.60. The van der Waals surface area contributed by atoms with Crippen molar-refractivity contribution in [2.45, 2.75) is 6.92 Å². The largest absolute Gasteiger partial charge is 0.307 e. The van der Waals surface area contributed by atoms with Gasteiger partial charge in [0, 0.05) is 11.9 Å². The number of hydrogen-bond acceptors (Lipinski definition) is 2. The fourth-order valence-electron chi connectivity index (χ4n) is 0. The SMILES string of the molecule is CC(=N)C=N. The van der Waals surface area contributed by atoms with Crippen LogP contribution >= 0.6 is 0 Å². The van der Waals surface area contributed by atoms with Gasteiger partial charge < -0.3 is 10.8 Å². The molecular formula is C3H6N2. The third kappa shape index (κ3) is 3.34. The summed E-state index contributed by atoms with van der Waals surface area (Å²) in [6.45, 7) is 1.56. The summed E-state index contributed by atoms with van der Waals surface area (Å²) >= 11 is 0. The van der Waals surface area contributed by atoms with Crippen molar-refractivity contribution in [3.05, 3.63) is 0 Å². The Hall–Kier alpha value is -0.660. The maximum absolute atomic E-state index is 6.50. The van der Waals surface area contributed by atoms with E-state index in [0.29, 0.717) is 5.71 Å². The molecule has 0 aliphatic heterocycles. The molecule has 0 aromatic rings. The van der Waals surface area contributed by atoms with E-state index in [1.807, 2.05) is 0 Å². The Labute approximate surface area is 30.8 Å². The molecule has 0 saturated heterocycles. The van der Waals surface area contributed by atoms with Crippen molar-refractivity contribution < 1.29 is 0 Å². The maximum Gasteiger partial charge on any atom is 0.0458 e. The summed E-state index contributed by atoms with van der Waals surface area (Å²) in [6, 6.07) is 0. The molecule has 2 N–H and O–H groups in total. The lowest BCUT2D eigenvalue weighted by Gasteiger charge is -1.67. The molecule has 5 heavy (non-hydrogen) atoms. The topological polar surface area (TPSA) is 47.7 Å². The van der Waals surface area contributed by atoms with Gasteiger partial charge in [-0.15, -0.1) is 0 Å². The molecule has 0 aliphatic carbocycles. The number of hydrogen-bond donors (Lipinski definition) is 2. The maximum atomic E-state index is 6.50. The molecule has 0 saturated carbocycles. The predicted molar refractivity (Wildman–Crippen MR) is 22.2 cm³/mol. The van der Waals surface area contributed by atoms with Gasteiger partial charge in [0.05, 0.1) is 0 Å². The molecule has 0 radical (unpaired) electrons. The Bertz CT molecular complexity index is 55.9. The number of rotatable bonds is 1. The van der Waals surface area contributed by atoms with Gasteiger partial charge in [-0.1, -0.05) is 0 Å². The van der Waals surface area contributed by atoms with Crippen LogP contribution in [-0.4, -0.2) is 11.9 Å². The monoisotopic (exact) mass is 70.1 g/mol. The van der Waals surface area contributed by atoms with E-state index in [4.69, 9.17) is 10.8 Å². The second kappa shape index (κ2) is 1.64. The van der Waals surface area contributed by atoms with Gasteiger partial charge >= 0.3 is 0 Å². The van der Waals surface area contributed by atoms with Crippen molar-refractivity contribution in [3.63, 3.8) is 0 Å². The van der Waals surface area contributed by atoms with Crippen LogP contribution in [0, 0.1) is 10.8 Å². The van der Waals surface area contributed by atoms with Crippen molar-refractivity contribution in [3.8, 4) is 0 Å². The first kappa shape index (κ1) is 4.34. The van der Waals surface area contributed by atoms with Crippen LogP contribution in [0.5, 0.6) is 0 Å². The molecule has 0 amide bonds. The highest BCUT2D eigenvalue weighted by atomic mass is 14.4. The minimum atomic E-state index is 0.296. The fourth-order valence-corrected chi connectivity index (χ4v) is 0. The molecule has 0 aliphatic rings. The predicted octanol–water partition coefficient (Wildman–Crippen LogP) is 0.676. The lowest BCUT2D eigenvalue weighted by atomic mass is 10.5. The summed E-state index contributed by atoms with van der Waals surface area (Å²) in [5.74, 6) is 0. The quantitative estimate of drug-likeness (QED) is 0.426. The molecule has 28 valence electrons. The van der Waals surface area contributed by atoms with E-state index in [1.54, 1.807) is 6.92 Å². The second-order valence-electron chi connectivity index (χ2n) is 0.827. The highest BCUT2D eigenvalue weighted by Crippen LogP contribution is 1.51. The Morgan fingerprint density at radius 1 is 1.80 bits per heavy atom. The van der Waals surface area contributed by atoms with E-state index in [0.717, 1.165) is 6.21 Å². The van der Waals surface area contributed by atoms with Gasteiger partial charge in [0.15, 0.2) is 0 Å². The molecule has 2 nitrogen and oxygen atoms in total. The minimum absolute atomic E-state index is 0.296. The molecule has 0 fully saturated rings. The first-order valence-electron chi connectivity index (χ1n) is 1.33. The first-order valence-corrected chi connectivity index (χ1v) is 1.33. The van der Waals surface area contributed by atoms with Gasteiger partial charge in [0.1, 0.15) is 0 Å². The Balaban J connectivity index is 3.20. The van der Waals surface area contributed by atoms with Gasteiger partial charge in [-0.25, -0.2) is 0 Å². The standard InChI is InChI=1S/C3H6N2/c1-3(5)2-4/h2,4-5H,1H3. The van der Waals surface area contributed by atoms with E-state index in [9.17, 15) is 0 Å². The summed E-state index contributed by atoms with van der Waals surface area (Å²) in [7, 11) is 0. The molecule has 0 aromatic heterocycles. The molecule has 0 heterocycles. The second-order valence-corrected chi connectivity index (χ2v) is 0.827. The van der Waals surface area contributed by atoms with Crippen LogP contribution in [0.4, 0.5) is 0 Å². The molecule has 0 bridgehead atoms. The van der Waals surface area contributed by atoms with Crippen molar-refractivity contribution in [1.82, 2.24) is 0 Å². The molecule has 0 spiro atoms. The summed E-state index contributed by atoms with van der Waals surface area (Å²) in [6.07, 6.45) is 1.00.